The fraction of sp³-hybridized carbons (Fsp3) is 0.789. The summed E-state index contributed by atoms with van der Waals surface area (Å²) in [6, 6.07) is 0. The van der Waals surface area contributed by atoms with Crippen molar-refractivity contribution in [3.8, 4) is 0 Å². The lowest BCUT2D eigenvalue weighted by atomic mass is 10.0. The van der Waals surface area contributed by atoms with Gasteiger partial charge in [0.15, 0.2) is 8.32 Å². The van der Waals surface area contributed by atoms with E-state index in [9.17, 15) is 0 Å². The van der Waals surface area contributed by atoms with E-state index in [1.165, 1.54) is 0 Å². The average Bonchev–Trinajstić information content (AvgIpc) is 2.47. The summed E-state index contributed by atoms with van der Waals surface area (Å²) in [7, 11) is -1.86. The van der Waals surface area contributed by atoms with Crippen molar-refractivity contribution in [2.75, 3.05) is 0 Å². The van der Waals surface area contributed by atoms with Gasteiger partial charge in [0.1, 0.15) is 0 Å². The zero-order chi connectivity index (χ0) is 19.3. The fourth-order valence-corrected chi connectivity index (χ4v) is 4.64. The number of hydrogen-bond donors (Lipinski definition) is 0. The molecule has 6 heteroatoms. The summed E-state index contributed by atoms with van der Waals surface area (Å²) in [5.41, 5.74) is 0. The second kappa shape index (κ2) is 10.6. The summed E-state index contributed by atoms with van der Waals surface area (Å²) in [6.07, 6.45) is 10.7. The Bertz CT molecular complexity index is 468. The summed E-state index contributed by atoms with van der Waals surface area (Å²) in [6.45, 7) is 13.7. The molecule has 0 aliphatic carbocycles. The van der Waals surface area contributed by atoms with Gasteiger partial charge in [-0.05, 0) is 75.7 Å². The first kappa shape index (κ1) is 24.1. The minimum Gasteiger partial charge on any atom is -0.411 e. The molecule has 0 bridgehead atoms. The monoisotopic (exact) mass is 558 g/mol. The Labute approximate surface area is 180 Å². The first-order valence-electron chi connectivity index (χ1n) is 9.11. The van der Waals surface area contributed by atoms with Crippen molar-refractivity contribution in [3.63, 3.8) is 0 Å². The van der Waals surface area contributed by atoms with Crippen LogP contribution in [0.5, 0.6) is 0 Å². The van der Waals surface area contributed by atoms with Crippen molar-refractivity contribution in [3.05, 3.63) is 21.6 Å². The van der Waals surface area contributed by atoms with Crippen LogP contribution in [0.25, 0.3) is 0 Å². The SMILES string of the molecule is CC[C@H](Br)[C@H]1C/C=C\C[C@H](O[Si](C)(C)C(C)(C)C)[C@H](CC=C(Br)Br)O1. The van der Waals surface area contributed by atoms with Gasteiger partial charge in [0.2, 0.25) is 0 Å². The topological polar surface area (TPSA) is 18.5 Å². The summed E-state index contributed by atoms with van der Waals surface area (Å²) < 4.78 is 14.3. The first-order chi connectivity index (χ1) is 11.5. The molecule has 0 aromatic rings. The normalized spacial score (nSPS) is 28.0. The highest BCUT2D eigenvalue weighted by molar-refractivity contribution is 9.28. The van der Waals surface area contributed by atoms with Crippen LogP contribution < -0.4 is 0 Å². The molecule has 2 nitrogen and oxygen atoms in total. The highest BCUT2D eigenvalue weighted by atomic mass is 79.9. The standard InChI is InChI=1S/C19H33Br3O2Si/c1-7-14(20)15-10-8-9-11-17(16(23-15)12-13-18(21)22)24-25(5,6)19(2,3)4/h8-9,13-17H,7,10-12H2,1-6H3/b9-8-/t14-,15+,16-,17-/m0/s1. The van der Waals surface area contributed by atoms with Crippen LogP contribution in [0, 0.1) is 0 Å². The van der Waals surface area contributed by atoms with Crippen LogP contribution in [0.15, 0.2) is 21.6 Å². The number of hydrogen-bond acceptors (Lipinski definition) is 2. The molecule has 0 spiro atoms. The summed E-state index contributed by atoms with van der Waals surface area (Å²) in [5.74, 6) is 0. The van der Waals surface area contributed by atoms with Crippen LogP contribution in [0.1, 0.15) is 53.4 Å². The molecule has 25 heavy (non-hydrogen) atoms. The zero-order valence-electron chi connectivity index (χ0n) is 16.3. The Kier molecular flexibility index (Phi) is 10.2. The average molecular weight is 561 g/mol. The van der Waals surface area contributed by atoms with E-state index in [1.807, 2.05) is 0 Å². The van der Waals surface area contributed by atoms with Crippen LogP contribution in [-0.2, 0) is 9.16 Å². The van der Waals surface area contributed by atoms with Crippen molar-refractivity contribution in [2.24, 2.45) is 0 Å². The molecule has 1 heterocycles. The van der Waals surface area contributed by atoms with Crippen LogP contribution in [0.3, 0.4) is 0 Å². The summed E-state index contributed by atoms with van der Waals surface area (Å²) in [4.78, 5) is 0.364. The molecule has 146 valence electrons. The predicted octanol–water partition coefficient (Wildman–Crippen LogP) is 7.68. The van der Waals surface area contributed by atoms with Gasteiger partial charge in [0.25, 0.3) is 0 Å². The van der Waals surface area contributed by atoms with E-state index in [0.29, 0.717) is 4.83 Å². The molecule has 0 N–H and O–H groups in total. The minimum atomic E-state index is -1.86. The third-order valence-corrected chi connectivity index (χ3v) is 11.6. The second-order valence-corrected chi connectivity index (χ2v) is 16.9. The Morgan fingerprint density at radius 2 is 1.88 bits per heavy atom. The molecule has 0 unspecified atom stereocenters. The first-order valence-corrected chi connectivity index (χ1v) is 14.5. The lowest BCUT2D eigenvalue weighted by molar-refractivity contribution is -0.0703. The lowest BCUT2D eigenvalue weighted by Crippen LogP contribution is -2.48. The third kappa shape index (κ3) is 7.90. The largest absolute Gasteiger partial charge is 0.411 e. The van der Waals surface area contributed by atoms with Gasteiger partial charge in [-0.1, -0.05) is 61.9 Å². The molecular weight excluding hydrogens is 528 g/mol. The number of alkyl halides is 1. The molecule has 0 aromatic heterocycles. The zero-order valence-corrected chi connectivity index (χ0v) is 22.1. The molecule has 0 aromatic carbocycles. The van der Waals surface area contributed by atoms with Gasteiger partial charge in [-0.25, -0.2) is 0 Å². The molecular formula is C19H33Br3O2Si. The maximum Gasteiger partial charge on any atom is 0.192 e. The summed E-state index contributed by atoms with van der Waals surface area (Å²) in [5, 5.41) is 0.191. The maximum atomic E-state index is 6.77. The number of halogens is 3. The van der Waals surface area contributed by atoms with E-state index in [4.69, 9.17) is 9.16 Å². The molecule has 1 rings (SSSR count). The van der Waals surface area contributed by atoms with Crippen molar-refractivity contribution in [1.82, 2.24) is 0 Å². The fourth-order valence-electron chi connectivity index (χ4n) is 2.57. The summed E-state index contributed by atoms with van der Waals surface area (Å²) >= 11 is 10.7. The van der Waals surface area contributed by atoms with Gasteiger partial charge in [-0.2, -0.15) is 0 Å². The van der Waals surface area contributed by atoms with E-state index >= 15 is 0 Å². The highest BCUT2D eigenvalue weighted by Crippen LogP contribution is 2.39. The van der Waals surface area contributed by atoms with Gasteiger partial charge < -0.3 is 9.16 Å². The van der Waals surface area contributed by atoms with Crippen LogP contribution in [-0.4, -0.2) is 31.5 Å². The molecule has 0 radical (unpaired) electrons. The molecule has 1 aliphatic rings. The Hall–Kier alpha value is 1.06. The Balaban J connectivity index is 3.05. The van der Waals surface area contributed by atoms with E-state index in [0.717, 1.165) is 29.1 Å². The van der Waals surface area contributed by atoms with Crippen molar-refractivity contribution >= 4 is 56.1 Å². The highest BCUT2D eigenvalue weighted by Gasteiger charge is 2.41. The van der Waals surface area contributed by atoms with Gasteiger partial charge in [0.05, 0.1) is 21.7 Å². The van der Waals surface area contributed by atoms with Crippen LogP contribution in [0.2, 0.25) is 18.1 Å². The van der Waals surface area contributed by atoms with Gasteiger partial charge in [-0.3, -0.25) is 0 Å². The maximum absolute atomic E-state index is 6.77. The van der Waals surface area contributed by atoms with Crippen molar-refractivity contribution in [1.29, 1.82) is 0 Å². The molecule has 0 saturated heterocycles. The van der Waals surface area contributed by atoms with Gasteiger partial charge in [0, 0.05) is 4.83 Å². The molecule has 0 amide bonds. The Morgan fingerprint density at radius 1 is 1.28 bits per heavy atom. The second-order valence-electron chi connectivity index (χ2n) is 8.23. The molecule has 4 atom stereocenters. The number of ether oxygens (including phenoxy) is 1. The minimum absolute atomic E-state index is 0.0563. The van der Waals surface area contributed by atoms with E-state index < -0.39 is 8.32 Å². The van der Waals surface area contributed by atoms with E-state index in [-0.39, 0.29) is 23.4 Å². The van der Waals surface area contributed by atoms with E-state index in [2.05, 4.69) is 107 Å². The van der Waals surface area contributed by atoms with Gasteiger partial charge in [-0.15, -0.1) is 0 Å². The smallest absolute Gasteiger partial charge is 0.192 e. The lowest BCUT2D eigenvalue weighted by Gasteiger charge is -2.42. The van der Waals surface area contributed by atoms with Crippen LogP contribution >= 0.6 is 47.8 Å². The van der Waals surface area contributed by atoms with Gasteiger partial charge >= 0.3 is 0 Å². The number of rotatable bonds is 6. The third-order valence-electron chi connectivity index (χ3n) is 5.22. The van der Waals surface area contributed by atoms with E-state index in [1.54, 1.807) is 0 Å². The Morgan fingerprint density at radius 3 is 2.40 bits per heavy atom. The van der Waals surface area contributed by atoms with Crippen molar-refractivity contribution < 1.29 is 9.16 Å². The predicted molar refractivity (Wildman–Crippen MR) is 123 cm³/mol. The molecule has 0 fully saturated rings. The molecule has 0 saturated carbocycles. The van der Waals surface area contributed by atoms with Crippen LogP contribution in [0.4, 0.5) is 0 Å². The quantitative estimate of drug-likeness (QED) is 0.188. The van der Waals surface area contributed by atoms with Crippen molar-refractivity contribution in [2.45, 2.75) is 94.6 Å². The molecule has 1 aliphatic heterocycles.